The summed E-state index contributed by atoms with van der Waals surface area (Å²) in [4.78, 5) is 49.4. The zero-order valence-corrected chi connectivity index (χ0v) is 42.9. The Kier molecular flexibility index (Phi) is 17.7. The van der Waals surface area contributed by atoms with Crippen LogP contribution in [0.5, 0.6) is 0 Å². The van der Waals surface area contributed by atoms with Crippen LogP contribution in [0.4, 0.5) is 9.59 Å². The first-order valence-electron chi connectivity index (χ1n) is 23.3. The molecule has 6 heterocycles. The van der Waals surface area contributed by atoms with E-state index in [1.165, 1.54) is 64.7 Å². The first kappa shape index (κ1) is 50.8. The van der Waals surface area contributed by atoms with Crippen molar-refractivity contribution in [3.63, 3.8) is 0 Å². The fourth-order valence-electron chi connectivity index (χ4n) is 8.62. The maximum Gasteiger partial charge on any atom is 0.418 e. The van der Waals surface area contributed by atoms with Crippen molar-refractivity contribution in [3.05, 3.63) is 173 Å². The van der Waals surface area contributed by atoms with Gasteiger partial charge in [0.1, 0.15) is 0 Å². The Morgan fingerprint density at radius 1 is 0.543 bits per heavy atom. The molecule has 2 aliphatic heterocycles. The van der Waals surface area contributed by atoms with Gasteiger partial charge < -0.3 is 10.2 Å². The summed E-state index contributed by atoms with van der Waals surface area (Å²) in [5.41, 5.74) is 12.7. The molecule has 0 unspecified atom stereocenters. The van der Waals surface area contributed by atoms with Crippen molar-refractivity contribution < 1.29 is 19.8 Å². The van der Waals surface area contributed by atoms with Crippen LogP contribution < -0.4 is 0 Å². The third-order valence-electron chi connectivity index (χ3n) is 12.4. The molecule has 4 aromatic heterocycles. The molecule has 8 aromatic rings. The number of carbonyl (C=O) groups is 2. The van der Waals surface area contributed by atoms with Crippen LogP contribution in [0.15, 0.2) is 142 Å². The van der Waals surface area contributed by atoms with Gasteiger partial charge in [-0.1, -0.05) is 110 Å². The number of nitrogens with zero attached hydrogens (tertiary/aromatic N) is 8. The Bertz CT molecular complexity index is 2880. The predicted octanol–water partition coefficient (Wildman–Crippen LogP) is 12.3. The zero-order valence-electron chi connectivity index (χ0n) is 39.7. The van der Waals surface area contributed by atoms with Crippen LogP contribution in [0.3, 0.4) is 0 Å². The van der Waals surface area contributed by atoms with Crippen molar-refractivity contribution in [1.82, 2.24) is 38.9 Å². The average molecular weight is 1010 g/mol. The number of hydrogen-bond acceptors (Lipinski definition) is 12. The smallest absolute Gasteiger partial charge is 0.418 e. The Labute approximate surface area is 426 Å². The SMILES string of the molecule is Cc1c(SCCN2CCc3ccccc3C2)ccnc1CSc1nc2ccccc2n1C(=O)O.Cc1c(SCCN2CCc3ccccc3C2)ccnc1CSc1nc2ccccc2n1C(=O)O.[CH2]C. The van der Waals surface area contributed by atoms with Gasteiger partial charge in [-0.2, -0.15) is 0 Å². The van der Waals surface area contributed by atoms with E-state index in [0.29, 0.717) is 43.9 Å². The molecule has 0 spiro atoms. The molecule has 10 rings (SSSR count). The summed E-state index contributed by atoms with van der Waals surface area (Å²) >= 11 is 6.54. The Morgan fingerprint density at radius 3 is 1.34 bits per heavy atom. The molecule has 0 atom stereocenters. The quantitative estimate of drug-likeness (QED) is 0.0998. The average Bonchev–Trinajstić information content (AvgIpc) is 3.96. The molecule has 0 amide bonds. The van der Waals surface area contributed by atoms with E-state index in [1.54, 1.807) is 19.1 Å². The van der Waals surface area contributed by atoms with Crippen molar-refractivity contribution in [3.8, 4) is 0 Å². The molecule has 0 saturated heterocycles. The van der Waals surface area contributed by atoms with Gasteiger partial charge in [0.15, 0.2) is 10.3 Å². The molecule has 2 N–H and O–H groups in total. The molecule has 16 heteroatoms. The highest BCUT2D eigenvalue weighted by Gasteiger charge is 2.21. The molecular weight excluding hydrogens is 953 g/mol. The second-order valence-electron chi connectivity index (χ2n) is 16.6. The zero-order chi connectivity index (χ0) is 49.0. The number of fused-ring (bicyclic) bond motifs is 4. The van der Waals surface area contributed by atoms with Crippen molar-refractivity contribution in [2.75, 3.05) is 37.7 Å². The van der Waals surface area contributed by atoms with Crippen LogP contribution in [0.25, 0.3) is 22.1 Å². The summed E-state index contributed by atoms with van der Waals surface area (Å²) in [7, 11) is 0. The number of benzene rings is 4. The number of aromatic nitrogens is 6. The number of rotatable bonds is 14. The van der Waals surface area contributed by atoms with Crippen LogP contribution in [-0.2, 0) is 37.4 Å². The lowest BCUT2D eigenvalue weighted by atomic mass is 10.0. The molecule has 0 bridgehead atoms. The molecule has 0 fully saturated rings. The fourth-order valence-corrected chi connectivity index (χ4v) is 12.8. The Hall–Kier alpha value is -5.62. The summed E-state index contributed by atoms with van der Waals surface area (Å²) in [5, 5.41) is 20.3. The third-order valence-corrected chi connectivity index (χ3v) is 16.6. The first-order chi connectivity index (χ1) is 34.2. The van der Waals surface area contributed by atoms with Gasteiger partial charge in [0.05, 0.1) is 33.5 Å². The molecular formula is C54H57N8O4S4. The van der Waals surface area contributed by atoms with Crippen LogP contribution >= 0.6 is 47.0 Å². The van der Waals surface area contributed by atoms with Gasteiger partial charge in [-0.05, 0) is 96.5 Å². The molecule has 0 aliphatic carbocycles. The predicted molar refractivity (Wildman–Crippen MR) is 287 cm³/mol. The largest absolute Gasteiger partial charge is 0.464 e. The second kappa shape index (κ2) is 24.5. The minimum Gasteiger partial charge on any atom is -0.464 e. The summed E-state index contributed by atoms with van der Waals surface area (Å²) < 4.78 is 2.51. The van der Waals surface area contributed by atoms with Gasteiger partial charge in [-0.25, -0.2) is 28.7 Å². The fraction of sp³-hybridized carbons (Fsp3) is 0.278. The van der Waals surface area contributed by atoms with Gasteiger partial charge >= 0.3 is 12.2 Å². The first-order valence-corrected chi connectivity index (χ1v) is 27.2. The van der Waals surface area contributed by atoms with E-state index in [1.807, 2.05) is 72.3 Å². The lowest BCUT2D eigenvalue weighted by Crippen LogP contribution is -2.32. The topological polar surface area (TPSA) is 142 Å². The highest BCUT2D eigenvalue weighted by atomic mass is 32.2. The number of thioether (sulfide) groups is 4. The van der Waals surface area contributed by atoms with Crippen LogP contribution in [-0.4, -0.2) is 99.0 Å². The van der Waals surface area contributed by atoms with E-state index in [0.717, 1.165) is 86.1 Å². The lowest BCUT2D eigenvalue weighted by Gasteiger charge is -2.28. The number of carboxylic acid groups (broad SMARTS) is 2. The molecule has 4 aromatic carbocycles. The van der Waals surface area contributed by atoms with Crippen molar-refractivity contribution >= 4 is 81.3 Å². The van der Waals surface area contributed by atoms with Crippen molar-refractivity contribution in [2.45, 2.75) is 78.3 Å². The minimum atomic E-state index is -1.02. The van der Waals surface area contributed by atoms with E-state index < -0.39 is 12.2 Å². The molecule has 70 heavy (non-hydrogen) atoms. The minimum absolute atomic E-state index is 0.471. The highest BCUT2D eigenvalue weighted by Crippen LogP contribution is 2.33. The maximum absolute atomic E-state index is 11.8. The van der Waals surface area contributed by atoms with Gasteiger partial charge in [-0.15, -0.1) is 23.5 Å². The second-order valence-corrected chi connectivity index (χ2v) is 20.8. The molecule has 0 saturated carbocycles. The van der Waals surface area contributed by atoms with Gasteiger partial charge in [0.2, 0.25) is 0 Å². The normalized spacial score (nSPS) is 13.5. The highest BCUT2D eigenvalue weighted by molar-refractivity contribution is 7.99. The third kappa shape index (κ3) is 12.3. The van der Waals surface area contributed by atoms with E-state index in [9.17, 15) is 19.8 Å². The summed E-state index contributed by atoms with van der Waals surface area (Å²) in [6, 6.07) is 36.2. The number of pyridine rings is 2. The summed E-state index contributed by atoms with van der Waals surface area (Å²) in [6.45, 7) is 15.6. The van der Waals surface area contributed by atoms with Gasteiger partial charge in [0, 0.05) is 84.5 Å². The molecule has 12 nitrogen and oxygen atoms in total. The van der Waals surface area contributed by atoms with Gasteiger partial charge in [0.25, 0.3) is 0 Å². The van der Waals surface area contributed by atoms with Crippen molar-refractivity contribution in [1.29, 1.82) is 0 Å². The summed E-state index contributed by atoms with van der Waals surface area (Å²) in [5.74, 6) is 3.18. The number of para-hydroxylation sites is 4. The lowest BCUT2D eigenvalue weighted by molar-refractivity contribution is 0.194. The monoisotopic (exact) mass is 1010 g/mol. The van der Waals surface area contributed by atoms with Gasteiger partial charge in [-0.3, -0.25) is 19.8 Å². The molecule has 1 radical (unpaired) electrons. The number of imidazole rings is 2. The Morgan fingerprint density at radius 2 is 0.929 bits per heavy atom. The van der Waals surface area contributed by atoms with E-state index in [-0.39, 0.29) is 0 Å². The van der Waals surface area contributed by atoms with Crippen LogP contribution in [0, 0.1) is 20.8 Å². The number of hydrogen-bond donors (Lipinski definition) is 2. The Balaban J connectivity index is 0.000000182. The molecule has 361 valence electrons. The maximum atomic E-state index is 11.8. The van der Waals surface area contributed by atoms with Crippen LogP contribution in [0.1, 0.15) is 51.7 Å². The van der Waals surface area contributed by atoms with E-state index in [2.05, 4.69) is 111 Å². The van der Waals surface area contributed by atoms with E-state index >= 15 is 0 Å². The van der Waals surface area contributed by atoms with E-state index in [4.69, 9.17) is 0 Å². The molecule has 2 aliphatic rings. The summed E-state index contributed by atoms with van der Waals surface area (Å²) in [6.07, 6.45) is 3.90. The van der Waals surface area contributed by atoms with Crippen LogP contribution in [0.2, 0.25) is 0 Å². The van der Waals surface area contributed by atoms with Crippen molar-refractivity contribution in [2.24, 2.45) is 0 Å². The standard InChI is InChI=1S/2C26H26N4O2S2.C2H5/c2*1-18-22(17-34-25-28-21-8-4-5-9-23(21)30(25)26(31)32)27-12-10-24(18)33-15-14-29-13-11-19-6-2-3-7-20(19)16-29;1-2/h2*2-10,12H,11,13-17H2,1H3,(H,31,32);1H2,2H3.